The molecule has 0 aromatic heterocycles. The lowest BCUT2D eigenvalue weighted by Gasteiger charge is -2.17. The SMILES string of the molecule is CCC(=O)N(N=C1Sc2ccccc2C1=O)c1ccc(C(C)=O)cc1. The van der Waals surface area contributed by atoms with Gasteiger partial charge in [0.25, 0.3) is 0 Å². The number of hydrogen-bond acceptors (Lipinski definition) is 5. The van der Waals surface area contributed by atoms with Gasteiger partial charge in [0.15, 0.2) is 10.8 Å². The van der Waals surface area contributed by atoms with Crippen molar-refractivity contribution in [2.75, 3.05) is 5.01 Å². The van der Waals surface area contributed by atoms with Crippen LogP contribution in [0.3, 0.4) is 0 Å². The number of ketones is 2. The van der Waals surface area contributed by atoms with Gasteiger partial charge in [0.2, 0.25) is 11.7 Å². The molecule has 2 aromatic carbocycles. The number of benzene rings is 2. The van der Waals surface area contributed by atoms with E-state index in [1.165, 1.54) is 23.7 Å². The summed E-state index contributed by atoms with van der Waals surface area (Å²) in [5, 5.41) is 5.81. The molecule has 0 fully saturated rings. The van der Waals surface area contributed by atoms with Crippen LogP contribution < -0.4 is 5.01 Å². The van der Waals surface area contributed by atoms with Crippen LogP contribution in [-0.4, -0.2) is 22.5 Å². The summed E-state index contributed by atoms with van der Waals surface area (Å²) in [4.78, 5) is 37.1. The van der Waals surface area contributed by atoms with Crippen molar-refractivity contribution in [1.29, 1.82) is 0 Å². The number of Topliss-reactive ketones (excluding diaryl/α,β-unsaturated/α-hetero) is 2. The summed E-state index contributed by atoms with van der Waals surface area (Å²) in [6.07, 6.45) is 0.247. The Labute approximate surface area is 149 Å². The van der Waals surface area contributed by atoms with Crippen LogP contribution >= 0.6 is 11.8 Å². The van der Waals surface area contributed by atoms with Gasteiger partial charge in [0.05, 0.1) is 5.69 Å². The predicted molar refractivity (Wildman–Crippen MR) is 98.3 cm³/mol. The van der Waals surface area contributed by atoms with Gasteiger partial charge in [0, 0.05) is 22.4 Å². The Morgan fingerprint density at radius 3 is 2.36 bits per heavy atom. The van der Waals surface area contributed by atoms with E-state index < -0.39 is 0 Å². The van der Waals surface area contributed by atoms with E-state index >= 15 is 0 Å². The second-order valence-electron chi connectivity index (χ2n) is 5.49. The first-order valence-electron chi connectivity index (χ1n) is 7.85. The van der Waals surface area contributed by atoms with Crippen LogP contribution in [0.25, 0.3) is 0 Å². The Balaban J connectivity index is 1.96. The molecule has 0 bridgehead atoms. The average Bonchev–Trinajstić information content (AvgIpc) is 2.95. The molecule has 0 unspecified atom stereocenters. The molecule has 126 valence electrons. The molecule has 1 amide bonds. The smallest absolute Gasteiger partial charge is 0.247 e. The minimum absolute atomic E-state index is 0.0526. The molecule has 1 heterocycles. The molecular weight excluding hydrogens is 336 g/mol. The Hall–Kier alpha value is -2.73. The molecule has 0 saturated heterocycles. The Morgan fingerprint density at radius 1 is 1.08 bits per heavy atom. The zero-order valence-corrected chi connectivity index (χ0v) is 14.7. The summed E-state index contributed by atoms with van der Waals surface area (Å²) >= 11 is 1.26. The Kier molecular flexibility index (Phi) is 4.81. The van der Waals surface area contributed by atoms with Crippen molar-refractivity contribution in [2.24, 2.45) is 5.10 Å². The normalized spacial score (nSPS) is 14.5. The number of carbonyl (C=O) groups excluding carboxylic acids is 3. The molecule has 6 heteroatoms. The van der Waals surface area contributed by atoms with E-state index in [4.69, 9.17) is 0 Å². The van der Waals surface area contributed by atoms with E-state index in [-0.39, 0.29) is 28.9 Å². The zero-order valence-electron chi connectivity index (χ0n) is 13.9. The summed E-state index contributed by atoms with van der Waals surface area (Å²) in [7, 11) is 0. The summed E-state index contributed by atoms with van der Waals surface area (Å²) in [6.45, 7) is 3.22. The van der Waals surface area contributed by atoms with Gasteiger partial charge in [-0.2, -0.15) is 10.1 Å². The molecule has 1 aliphatic heterocycles. The number of thioether (sulfide) groups is 1. The fourth-order valence-electron chi connectivity index (χ4n) is 2.41. The summed E-state index contributed by atoms with van der Waals surface area (Å²) in [5.41, 5.74) is 1.68. The van der Waals surface area contributed by atoms with Gasteiger partial charge in [0.1, 0.15) is 0 Å². The van der Waals surface area contributed by atoms with Crippen LogP contribution in [0.2, 0.25) is 0 Å². The van der Waals surface area contributed by atoms with E-state index in [0.29, 0.717) is 16.8 Å². The van der Waals surface area contributed by atoms with Crippen LogP contribution in [-0.2, 0) is 4.79 Å². The van der Waals surface area contributed by atoms with Crippen LogP contribution in [0, 0.1) is 0 Å². The molecule has 2 aromatic rings. The van der Waals surface area contributed by atoms with Crippen LogP contribution in [0.4, 0.5) is 5.69 Å². The van der Waals surface area contributed by atoms with E-state index in [9.17, 15) is 14.4 Å². The van der Waals surface area contributed by atoms with Gasteiger partial charge >= 0.3 is 0 Å². The van der Waals surface area contributed by atoms with E-state index in [2.05, 4.69) is 5.10 Å². The van der Waals surface area contributed by atoms with Crippen LogP contribution in [0.1, 0.15) is 41.0 Å². The highest BCUT2D eigenvalue weighted by molar-refractivity contribution is 8.16. The first-order chi connectivity index (χ1) is 12.0. The summed E-state index contributed by atoms with van der Waals surface area (Å²) in [6, 6.07) is 13.9. The van der Waals surface area contributed by atoms with Crippen molar-refractivity contribution in [3.63, 3.8) is 0 Å². The largest absolute Gasteiger partial charge is 0.295 e. The minimum atomic E-state index is -0.229. The number of hydrazone groups is 1. The quantitative estimate of drug-likeness (QED) is 0.617. The molecule has 3 rings (SSSR count). The third-order valence-corrected chi connectivity index (χ3v) is 4.82. The lowest BCUT2D eigenvalue weighted by Crippen LogP contribution is -2.26. The average molecular weight is 352 g/mol. The van der Waals surface area contributed by atoms with Crippen molar-refractivity contribution in [3.8, 4) is 0 Å². The van der Waals surface area contributed by atoms with Crippen molar-refractivity contribution < 1.29 is 14.4 Å². The molecule has 0 spiro atoms. The van der Waals surface area contributed by atoms with Gasteiger partial charge in [-0.05, 0) is 43.3 Å². The number of amides is 1. The van der Waals surface area contributed by atoms with Crippen molar-refractivity contribution in [1.82, 2.24) is 0 Å². The van der Waals surface area contributed by atoms with Crippen LogP contribution in [0.15, 0.2) is 58.5 Å². The number of carbonyl (C=O) groups is 3. The summed E-state index contributed by atoms with van der Waals surface area (Å²) in [5.74, 6) is -0.467. The maximum atomic E-state index is 12.5. The Bertz CT molecular complexity index is 888. The zero-order chi connectivity index (χ0) is 18.0. The van der Waals surface area contributed by atoms with Gasteiger partial charge in [-0.15, -0.1) is 0 Å². The van der Waals surface area contributed by atoms with Crippen molar-refractivity contribution in [2.45, 2.75) is 25.2 Å². The van der Waals surface area contributed by atoms with Gasteiger partial charge < -0.3 is 0 Å². The molecule has 5 nitrogen and oxygen atoms in total. The topological polar surface area (TPSA) is 66.8 Å². The molecule has 0 aliphatic carbocycles. The van der Waals surface area contributed by atoms with Gasteiger partial charge in [-0.1, -0.05) is 30.8 Å². The number of anilines is 1. The molecule has 0 saturated carbocycles. The Morgan fingerprint density at radius 2 is 1.76 bits per heavy atom. The fourth-order valence-corrected chi connectivity index (χ4v) is 3.36. The fraction of sp³-hybridized carbons (Fsp3) is 0.158. The molecule has 0 radical (unpaired) electrons. The lowest BCUT2D eigenvalue weighted by molar-refractivity contribution is -0.118. The molecule has 25 heavy (non-hydrogen) atoms. The molecular formula is C19H16N2O3S. The highest BCUT2D eigenvalue weighted by Gasteiger charge is 2.29. The number of rotatable bonds is 4. The highest BCUT2D eigenvalue weighted by atomic mass is 32.2. The summed E-state index contributed by atoms with van der Waals surface area (Å²) < 4.78 is 0. The van der Waals surface area contributed by atoms with Crippen molar-refractivity contribution >= 4 is 40.0 Å². The van der Waals surface area contributed by atoms with E-state index in [1.54, 1.807) is 43.3 Å². The second-order valence-corrected chi connectivity index (χ2v) is 6.53. The van der Waals surface area contributed by atoms with Gasteiger partial charge in [-0.3, -0.25) is 14.4 Å². The first-order valence-corrected chi connectivity index (χ1v) is 8.67. The minimum Gasteiger partial charge on any atom is -0.295 e. The highest BCUT2D eigenvalue weighted by Crippen LogP contribution is 2.34. The van der Waals surface area contributed by atoms with E-state index in [0.717, 1.165) is 4.90 Å². The number of nitrogens with zero attached hydrogens (tertiary/aromatic N) is 2. The number of fused-ring (bicyclic) bond motifs is 1. The van der Waals surface area contributed by atoms with E-state index in [1.807, 2.05) is 12.1 Å². The maximum absolute atomic E-state index is 12.5. The monoisotopic (exact) mass is 352 g/mol. The lowest BCUT2D eigenvalue weighted by atomic mass is 10.1. The predicted octanol–water partition coefficient (Wildman–Crippen LogP) is 3.93. The first kappa shape index (κ1) is 17.1. The third-order valence-electron chi connectivity index (χ3n) is 3.78. The molecule has 1 aliphatic rings. The van der Waals surface area contributed by atoms with Gasteiger partial charge in [-0.25, -0.2) is 0 Å². The molecule has 0 N–H and O–H groups in total. The second kappa shape index (κ2) is 7.03. The third kappa shape index (κ3) is 3.39. The number of hydrogen-bond donors (Lipinski definition) is 0. The maximum Gasteiger partial charge on any atom is 0.247 e. The van der Waals surface area contributed by atoms with Crippen LogP contribution in [0.5, 0.6) is 0 Å². The van der Waals surface area contributed by atoms with Crippen molar-refractivity contribution in [3.05, 3.63) is 59.7 Å². The standard InChI is InChI=1S/C19H16N2O3S/c1-3-17(23)21(14-10-8-13(9-11-14)12(2)22)20-19-18(24)15-6-4-5-7-16(15)25-19/h4-11H,3H2,1-2H3. The molecule has 0 atom stereocenters.